The van der Waals surface area contributed by atoms with Gasteiger partial charge in [-0.25, -0.2) is 0 Å². The summed E-state index contributed by atoms with van der Waals surface area (Å²) in [5.74, 6) is 1.84. The number of nitrogens with zero attached hydrogens (tertiary/aromatic N) is 1. The zero-order chi connectivity index (χ0) is 14.6. The second kappa shape index (κ2) is 13.2. The van der Waals surface area contributed by atoms with Crippen molar-refractivity contribution in [1.82, 2.24) is 10.6 Å². The number of halogens is 1. The topological polar surface area (TPSA) is 45.6 Å². The first-order chi connectivity index (χ1) is 9.76. The Bertz CT molecular complexity index is 398. The minimum absolute atomic E-state index is 0. The lowest BCUT2D eigenvalue weighted by atomic mass is 10.2. The molecule has 2 N–H and O–H groups in total. The van der Waals surface area contributed by atoms with E-state index in [4.69, 9.17) is 4.74 Å². The maximum atomic E-state index is 5.27. The number of aliphatic imine (C=N–C) groups is 1. The summed E-state index contributed by atoms with van der Waals surface area (Å²) >= 11 is 1.84. The number of hydrogen-bond acceptors (Lipinski definition) is 3. The van der Waals surface area contributed by atoms with Gasteiger partial charge in [0, 0.05) is 37.4 Å². The SMILES string of the molecule is CCOCCNC(=NC)NCCSc1ccc(C)cc1.I. The van der Waals surface area contributed by atoms with Crippen molar-refractivity contribution in [2.24, 2.45) is 4.99 Å². The molecular formula is C15H26IN3OS. The Balaban J connectivity index is 0.00000400. The Morgan fingerprint density at radius 1 is 1.19 bits per heavy atom. The van der Waals surface area contributed by atoms with Crippen LogP contribution in [0.3, 0.4) is 0 Å². The normalized spacial score (nSPS) is 10.9. The smallest absolute Gasteiger partial charge is 0.191 e. The molecule has 0 bridgehead atoms. The standard InChI is InChI=1S/C15H25N3OS.HI/c1-4-19-11-9-17-15(16-3)18-10-12-20-14-7-5-13(2)6-8-14;/h5-8H,4,9-12H2,1-3H3,(H2,16,17,18);1H. The van der Waals surface area contributed by atoms with Crippen LogP contribution < -0.4 is 10.6 Å². The molecule has 0 radical (unpaired) electrons. The minimum Gasteiger partial charge on any atom is -0.380 e. The molecule has 0 heterocycles. The van der Waals surface area contributed by atoms with Crippen molar-refractivity contribution >= 4 is 41.7 Å². The molecule has 0 saturated carbocycles. The third kappa shape index (κ3) is 9.97. The van der Waals surface area contributed by atoms with Crippen molar-refractivity contribution < 1.29 is 4.74 Å². The number of guanidine groups is 1. The summed E-state index contributed by atoms with van der Waals surface area (Å²) < 4.78 is 5.27. The van der Waals surface area contributed by atoms with Crippen molar-refractivity contribution in [3.8, 4) is 0 Å². The lowest BCUT2D eigenvalue weighted by Gasteiger charge is -2.11. The Morgan fingerprint density at radius 2 is 1.86 bits per heavy atom. The van der Waals surface area contributed by atoms with Crippen molar-refractivity contribution in [3.63, 3.8) is 0 Å². The first-order valence-electron chi connectivity index (χ1n) is 6.98. The summed E-state index contributed by atoms with van der Waals surface area (Å²) in [6, 6.07) is 8.61. The van der Waals surface area contributed by atoms with Gasteiger partial charge in [0.15, 0.2) is 5.96 Å². The molecule has 0 spiro atoms. The molecule has 0 saturated heterocycles. The van der Waals surface area contributed by atoms with Gasteiger partial charge in [-0.15, -0.1) is 35.7 Å². The molecule has 6 heteroatoms. The number of benzene rings is 1. The second-order valence-electron chi connectivity index (χ2n) is 4.28. The van der Waals surface area contributed by atoms with E-state index < -0.39 is 0 Å². The largest absolute Gasteiger partial charge is 0.380 e. The van der Waals surface area contributed by atoms with Gasteiger partial charge in [0.05, 0.1) is 6.61 Å². The first-order valence-corrected chi connectivity index (χ1v) is 7.96. The van der Waals surface area contributed by atoms with Gasteiger partial charge in [0.25, 0.3) is 0 Å². The molecule has 1 aromatic rings. The molecular weight excluding hydrogens is 397 g/mol. The van der Waals surface area contributed by atoms with Gasteiger partial charge >= 0.3 is 0 Å². The lowest BCUT2D eigenvalue weighted by Crippen LogP contribution is -2.39. The molecule has 0 aliphatic heterocycles. The fourth-order valence-electron chi connectivity index (χ4n) is 1.58. The highest BCUT2D eigenvalue weighted by Crippen LogP contribution is 2.17. The van der Waals surface area contributed by atoms with E-state index in [1.165, 1.54) is 10.5 Å². The number of thioether (sulfide) groups is 1. The maximum Gasteiger partial charge on any atom is 0.191 e. The van der Waals surface area contributed by atoms with Gasteiger partial charge in [0.2, 0.25) is 0 Å². The van der Waals surface area contributed by atoms with Crippen LogP contribution in [-0.2, 0) is 4.74 Å². The Labute approximate surface area is 149 Å². The van der Waals surface area contributed by atoms with Gasteiger partial charge in [0.1, 0.15) is 0 Å². The monoisotopic (exact) mass is 423 g/mol. The molecule has 0 aliphatic rings. The molecule has 0 aliphatic carbocycles. The number of hydrogen-bond donors (Lipinski definition) is 2. The van der Waals surface area contributed by atoms with Crippen LogP contribution in [0.1, 0.15) is 12.5 Å². The molecule has 0 aromatic heterocycles. The molecule has 4 nitrogen and oxygen atoms in total. The van der Waals surface area contributed by atoms with E-state index in [0.29, 0.717) is 6.61 Å². The summed E-state index contributed by atoms with van der Waals surface area (Å²) in [4.78, 5) is 5.47. The van der Waals surface area contributed by atoms with Gasteiger partial charge < -0.3 is 15.4 Å². The van der Waals surface area contributed by atoms with E-state index in [-0.39, 0.29) is 24.0 Å². The van der Waals surface area contributed by atoms with E-state index in [1.54, 1.807) is 7.05 Å². The van der Waals surface area contributed by atoms with Crippen molar-refractivity contribution in [3.05, 3.63) is 29.8 Å². The predicted octanol–water partition coefficient (Wildman–Crippen LogP) is 2.91. The highest BCUT2D eigenvalue weighted by Gasteiger charge is 1.97. The molecule has 0 fully saturated rings. The predicted molar refractivity (Wildman–Crippen MR) is 103 cm³/mol. The maximum absolute atomic E-state index is 5.27. The molecule has 0 unspecified atom stereocenters. The van der Waals surface area contributed by atoms with Crippen LogP contribution in [0.25, 0.3) is 0 Å². The van der Waals surface area contributed by atoms with Crippen LogP contribution in [-0.4, -0.2) is 45.1 Å². The number of aryl methyl sites for hydroxylation is 1. The summed E-state index contributed by atoms with van der Waals surface area (Å²) in [5.41, 5.74) is 1.30. The molecule has 0 atom stereocenters. The van der Waals surface area contributed by atoms with E-state index in [9.17, 15) is 0 Å². The molecule has 1 aromatic carbocycles. The van der Waals surface area contributed by atoms with Crippen LogP contribution in [0.2, 0.25) is 0 Å². The van der Waals surface area contributed by atoms with Crippen LogP contribution in [0.4, 0.5) is 0 Å². The van der Waals surface area contributed by atoms with E-state index >= 15 is 0 Å². The van der Waals surface area contributed by atoms with Crippen LogP contribution in [0.15, 0.2) is 34.2 Å². The Hall–Kier alpha value is -0.470. The fourth-order valence-corrected chi connectivity index (χ4v) is 2.35. The van der Waals surface area contributed by atoms with E-state index in [1.807, 2.05) is 18.7 Å². The molecule has 0 amide bonds. The van der Waals surface area contributed by atoms with Crippen molar-refractivity contribution in [2.45, 2.75) is 18.7 Å². The Morgan fingerprint density at radius 3 is 2.48 bits per heavy atom. The van der Waals surface area contributed by atoms with E-state index in [0.717, 1.165) is 31.4 Å². The van der Waals surface area contributed by atoms with E-state index in [2.05, 4.69) is 46.8 Å². The Kier molecular flexibility index (Phi) is 12.9. The van der Waals surface area contributed by atoms with Gasteiger partial charge in [-0.05, 0) is 26.0 Å². The summed E-state index contributed by atoms with van der Waals surface area (Å²) in [7, 11) is 1.78. The molecule has 120 valence electrons. The minimum atomic E-state index is 0. The van der Waals surface area contributed by atoms with Gasteiger partial charge in [-0.3, -0.25) is 4.99 Å². The summed E-state index contributed by atoms with van der Waals surface area (Å²) in [5, 5.41) is 6.51. The second-order valence-corrected chi connectivity index (χ2v) is 5.45. The number of rotatable bonds is 8. The zero-order valence-electron chi connectivity index (χ0n) is 13.0. The fraction of sp³-hybridized carbons (Fsp3) is 0.533. The van der Waals surface area contributed by atoms with Crippen LogP contribution in [0.5, 0.6) is 0 Å². The average Bonchev–Trinajstić information content (AvgIpc) is 2.47. The highest BCUT2D eigenvalue weighted by atomic mass is 127. The zero-order valence-corrected chi connectivity index (χ0v) is 16.2. The summed E-state index contributed by atoms with van der Waals surface area (Å²) in [6.45, 7) is 7.21. The van der Waals surface area contributed by atoms with Gasteiger partial charge in [-0.1, -0.05) is 17.7 Å². The highest BCUT2D eigenvalue weighted by molar-refractivity contribution is 14.0. The quantitative estimate of drug-likeness (QED) is 0.222. The van der Waals surface area contributed by atoms with Crippen LogP contribution in [0, 0.1) is 6.92 Å². The van der Waals surface area contributed by atoms with Gasteiger partial charge in [-0.2, -0.15) is 0 Å². The summed E-state index contributed by atoms with van der Waals surface area (Å²) in [6.07, 6.45) is 0. The lowest BCUT2D eigenvalue weighted by molar-refractivity contribution is 0.152. The van der Waals surface area contributed by atoms with Crippen molar-refractivity contribution in [2.75, 3.05) is 39.1 Å². The van der Waals surface area contributed by atoms with Crippen molar-refractivity contribution in [1.29, 1.82) is 0 Å². The average molecular weight is 423 g/mol. The first kappa shape index (κ1) is 20.5. The number of ether oxygens (including phenoxy) is 1. The number of nitrogens with one attached hydrogen (secondary N) is 2. The third-order valence-electron chi connectivity index (χ3n) is 2.65. The van der Waals surface area contributed by atoms with Crippen LogP contribution >= 0.6 is 35.7 Å². The third-order valence-corrected chi connectivity index (χ3v) is 3.66. The molecule has 1 rings (SSSR count). The molecule has 21 heavy (non-hydrogen) atoms.